The van der Waals surface area contributed by atoms with Gasteiger partial charge >= 0.3 is 6.09 Å². The number of hydrogen-bond donors (Lipinski definition) is 1. The maximum absolute atomic E-state index is 14.1. The van der Waals surface area contributed by atoms with Crippen LogP contribution in [0.5, 0.6) is 11.6 Å². The Hall–Kier alpha value is -1.97. The largest absolute Gasteiger partial charge is 0.444 e. The van der Waals surface area contributed by atoms with Crippen LogP contribution in [-0.4, -0.2) is 21.7 Å². The minimum Gasteiger partial charge on any atom is -0.444 e. The summed E-state index contributed by atoms with van der Waals surface area (Å²) >= 11 is 1.99. The standard InChI is InChI=1S/C15H15FIN3O3/c1-15(2,3)23-14(21)20-9-4-5-12(10(16)6-9)22-13-11(17)7-18-8-19-13/h4-8H,1-3H3,(H,20,21). The Morgan fingerprint density at radius 2 is 2.09 bits per heavy atom. The number of aromatic nitrogens is 2. The Labute approximate surface area is 146 Å². The van der Waals surface area contributed by atoms with Crippen LogP contribution in [0.25, 0.3) is 0 Å². The van der Waals surface area contributed by atoms with Gasteiger partial charge < -0.3 is 9.47 Å². The van der Waals surface area contributed by atoms with Crippen molar-refractivity contribution in [3.05, 3.63) is 40.1 Å². The van der Waals surface area contributed by atoms with Gasteiger partial charge in [-0.1, -0.05) is 0 Å². The molecular weight excluding hydrogens is 416 g/mol. The van der Waals surface area contributed by atoms with Gasteiger partial charge in [0.1, 0.15) is 11.9 Å². The van der Waals surface area contributed by atoms with Gasteiger partial charge in [0.15, 0.2) is 11.6 Å². The van der Waals surface area contributed by atoms with E-state index in [4.69, 9.17) is 9.47 Å². The number of halogens is 2. The summed E-state index contributed by atoms with van der Waals surface area (Å²) in [6.07, 6.45) is 2.21. The molecule has 2 aromatic rings. The fourth-order valence-electron chi connectivity index (χ4n) is 1.56. The number of hydrogen-bond acceptors (Lipinski definition) is 5. The van der Waals surface area contributed by atoms with E-state index in [1.807, 2.05) is 22.6 Å². The maximum atomic E-state index is 14.1. The normalized spacial score (nSPS) is 11.0. The van der Waals surface area contributed by atoms with Crippen molar-refractivity contribution in [3.8, 4) is 11.6 Å². The fraction of sp³-hybridized carbons (Fsp3) is 0.267. The molecule has 23 heavy (non-hydrogen) atoms. The summed E-state index contributed by atoms with van der Waals surface area (Å²) < 4.78 is 25.3. The molecule has 0 saturated heterocycles. The quantitative estimate of drug-likeness (QED) is 0.732. The Morgan fingerprint density at radius 1 is 1.35 bits per heavy atom. The second-order valence-electron chi connectivity index (χ2n) is 5.55. The highest BCUT2D eigenvalue weighted by molar-refractivity contribution is 14.1. The van der Waals surface area contributed by atoms with E-state index in [1.165, 1.54) is 18.5 Å². The van der Waals surface area contributed by atoms with Crippen LogP contribution in [0, 0.1) is 9.39 Å². The molecule has 1 amide bonds. The van der Waals surface area contributed by atoms with Gasteiger partial charge in [0.2, 0.25) is 5.88 Å². The highest BCUT2D eigenvalue weighted by atomic mass is 127. The second-order valence-corrected chi connectivity index (χ2v) is 6.71. The number of anilines is 1. The molecule has 0 radical (unpaired) electrons. The average molecular weight is 431 g/mol. The predicted molar refractivity (Wildman–Crippen MR) is 91.1 cm³/mol. The molecule has 0 saturated carbocycles. The zero-order valence-electron chi connectivity index (χ0n) is 12.8. The first-order chi connectivity index (χ1) is 10.7. The van der Waals surface area contributed by atoms with Crippen molar-refractivity contribution >= 4 is 34.4 Å². The minimum absolute atomic E-state index is 0.00338. The summed E-state index contributed by atoms with van der Waals surface area (Å²) in [7, 11) is 0. The molecule has 0 bridgehead atoms. The number of nitrogens with one attached hydrogen (secondary N) is 1. The third kappa shape index (κ3) is 5.31. The molecule has 1 aromatic carbocycles. The fourth-order valence-corrected chi connectivity index (χ4v) is 1.97. The molecule has 0 fully saturated rings. The molecule has 1 aromatic heterocycles. The predicted octanol–water partition coefficient (Wildman–Crippen LogP) is 4.36. The van der Waals surface area contributed by atoms with Crippen LogP contribution in [-0.2, 0) is 4.74 Å². The summed E-state index contributed by atoms with van der Waals surface area (Å²) in [4.78, 5) is 19.4. The molecule has 122 valence electrons. The molecule has 1 heterocycles. The number of amides is 1. The number of carbonyl (C=O) groups is 1. The molecule has 8 heteroatoms. The SMILES string of the molecule is CC(C)(C)OC(=O)Nc1ccc(Oc2ncncc2I)c(F)c1. The molecule has 0 spiro atoms. The van der Waals surface area contributed by atoms with Crippen LogP contribution in [0.3, 0.4) is 0 Å². The van der Waals surface area contributed by atoms with E-state index in [2.05, 4.69) is 15.3 Å². The van der Waals surface area contributed by atoms with Gasteiger partial charge in [-0.05, 0) is 55.5 Å². The van der Waals surface area contributed by atoms with Crippen molar-refractivity contribution < 1.29 is 18.7 Å². The Balaban J connectivity index is 2.09. The zero-order chi connectivity index (χ0) is 17.0. The number of ether oxygens (including phenoxy) is 2. The summed E-state index contributed by atoms with van der Waals surface area (Å²) in [5, 5.41) is 2.46. The van der Waals surface area contributed by atoms with Gasteiger partial charge in [-0.2, -0.15) is 0 Å². The van der Waals surface area contributed by atoms with Gasteiger partial charge in [0, 0.05) is 18.0 Å². The first-order valence-corrected chi connectivity index (χ1v) is 7.75. The van der Waals surface area contributed by atoms with Gasteiger partial charge in [-0.15, -0.1) is 0 Å². The molecule has 0 aliphatic carbocycles. The molecule has 0 atom stereocenters. The van der Waals surface area contributed by atoms with Crippen LogP contribution in [0.1, 0.15) is 20.8 Å². The van der Waals surface area contributed by atoms with Gasteiger partial charge in [0.25, 0.3) is 0 Å². The Bertz CT molecular complexity index is 719. The second kappa shape index (κ2) is 7.07. The van der Waals surface area contributed by atoms with Crippen LogP contribution in [0.2, 0.25) is 0 Å². The minimum atomic E-state index is -0.657. The lowest BCUT2D eigenvalue weighted by atomic mass is 10.2. The number of nitrogens with zero attached hydrogens (tertiary/aromatic N) is 2. The van der Waals surface area contributed by atoms with Crippen LogP contribution in [0.4, 0.5) is 14.9 Å². The van der Waals surface area contributed by atoms with Crippen LogP contribution < -0.4 is 10.1 Å². The van der Waals surface area contributed by atoms with E-state index >= 15 is 0 Å². The first kappa shape index (κ1) is 17.4. The molecule has 1 N–H and O–H groups in total. The lowest BCUT2D eigenvalue weighted by molar-refractivity contribution is 0.0636. The zero-order valence-corrected chi connectivity index (χ0v) is 14.9. The Morgan fingerprint density at radius 3 is 2.70 bits per heavy atom. The van der Waals surface area contributed by atoms with Crippen LogP contribution in [0.15, 0.2) is 30.7 Å². The van der Waals surface area contributed by atoms with E-state index in [9.17, 15) is 9.18 Å². The molecule has 0 aliphatic rings. The van der Waals surface area contributed by atoms with E-state index in [0.29, 0.717) is 3.57 Å². The monoisotopic (exact) mass is 431 g/mol. The number of benzene rings is 1. The van der Waals surface area contributed by atoms with Crippen LogP contribution >= 0.6 is 22.6 Å². The lowest BCUT2D eigenvalue weighted by Crippen LogP contribution is -2.27. The molecule has 2 rings (SSSR count). The maximum Gasteiger partial charge on any atom is 0.412 e. The van der Waals surface area contributed by atoms with Crippen molar-refractivity contribution in [3.63, 3.8) is 0 Å². The smallest absolute Gasteiger partial charge is 0.412 e. The first-order valence-electron chi connectivity index (χ1n) is 6.67. The summed E-state index contributed by atoms with van der Waals surface area (Å²) in [6.45, 7) is 5.23. The van der Waals surface area contributed by atoms with Crippen molar-refractivity contribution in [2.45, 2.75) is 26.4 Å². The summed E-state index contributed by atoms with van der Waals surface area (Å²) in [6, 6.07) is 4.06. The van der Waals surface area contributed by atoms with Crippen molar-refractivity contribution in [2.24, 2.45) is 0 Å². The third-order valence-corrected chi connectivity index (χ3v) is 3.16. The van der Waals surface area contributed by atoms with Crippen molar-refractivity contribution in [1.29, 1.82) is 0 Å². The van der Waals surface area contributed by atoms with E-state index in [1.54, 1.807) is 27.0 Å². The molecule has 6 nitrogen and oxygen atoms in total. The molecular formula is C15H15FIN3O3. The summed E-state index contributed by atoms with van der Waals surface area (Å²) in [5.74, 6) is -0.378. The third-order valence-electron chi connectivity index (χ3n) is 2.42. The summed E-state index contributed by atoms with van der Waals surface area (Å²) in [5.41, 5.74) is -0.364. The van der Waals surface area contributed by atoms with Gasteiger partial charge in [0.05, 0.1) is 3.57 Å². The Kier molecular flexibility index (Phi) is 5.34. The topological polar surface area (TPSA) is 73.3 Å². The number of rotatable bonds is 3. The molecule has 0 aliphatic heterocycles. The van der Waals surface area contributed by atoms with Crippen molar-refractivity contribution in [2.75, 3.05) is 5.32 Å². The van der Waals surface area contributed by atoms with Gasteiger partial charge in [-0.25, -0.2) is 19.2 Å². The highest BCUT2D eigenvalue weighted by Gasteiger charge is 2.17. The van der Waals surface area contributed by atoms with E-state index in [0.717, 1.165) is 6.07 Å². The number of carbonyl (C=O) groups excluding carboxylic acids is 1. The average Bonchev–Trinajstić information content (AvgIpc) is 2.42. The van der Waals surface area contributed by atoms with E-state index in [-0.39, 0.29) is 17.3 Å². The lowest BCUT2D eigenvalue weighted by Gasteiger charge is -2.19. The van der Waals surface area contributed by atoms with E-state index < -0.39 is 17.5 Å². The highest BCUT2D eigenvalue weighted by Crippen LogP contribution is 2.28. The van der Waals surface area contributed by atoms with Crippen molar-refractivity contribution in [1.82, 2.24) is 9.97 Å². The molecule has 0 unspecified atom stereocenters. The van der Waals surface area contributed by atoms with Gasteiger partial charge in [-0.3, -0.25) is 5.32 Å².